The highest BCUT2D eigenvalue weighted by molar-refractivity contribution is 6.31. The molecule has 0 amide bonds. The van der Waals surface area contributed by atoms with Crippen molar-refractivity contribution in [2.75, 3.05) is 17.6 Å². The number of nitrogens with one attached hydrogen (secondary N) is 1. The third-order valence-electron chi connectivity index (χ3n) is 2.86. The van der Waals surface area contributed by atoms with Crippen LogP contribution in [0.5, 0.6) is 0 Å². The molecule has 0 spiro atoms. The summed E-state index contributed by atoms with van der Waals surface area (Å²) in [6, 6.07) is 7.57. The molecule has 5 heteroatoms. The molecule has 0 fully saturated rings. The number of nitrogens with zero attached hydrogens (tertiary/aromatic N) is 2. The molecule has 0 saturated heterocycles. The van der Waals surface area contributed by atoms with E-state index in [0.29, 0.717) is 17.4 Å². The van der Waals surface area contributed by atoms with Gasteiger partial charge in [0.05, 0.1) is 5.69 Å². The van der Waals surface area contributed by atoms with Crippen molar-refractivity contribution in [3.05, 3.63) is 47.0 Å². The number of rotatable bonds is 4. The van der Waals surface area contributed by atoms with Crippen molar-refractivity contribution in [1.82, 2.24) is 9.97 Å². The molecule has 1 aromatic carbocycles. The molecular weight excluding hydrogens is 272 g/mol. The zero-order chi connectivity index (χ0) is 14.7. The Hall–Kier alpha value is -2.07. The largest absolute Gasteiger partial charge is 0.368 e. The average Bonchev–Trinajstić information content (AvgIpc) is 2.39. The molecule has 20 heavy (non-hydrogen) atoms. The first-order chi connectivity index (χ1) is 9.47. The summed E-state index contributed by atoms with van der Waals surface area (Å²) in [5.74, 6) is 0.904. The standard InChI is InChI=1S/C15H17ClN4/c1-9(2)8-18-14-7-13(19-15(17)20-14)11-5-4-6-12(16)10(11)3/h4-7H,1,8H2,2-3H3,(H3,17,18,19,20). The van der Waals surface area contributed by atoms with Crippen LogP contribution in [0.15, 0.2) is 36.4 Å². The molecule has 0 saturated carbocycles. The van der Waals surface area contributed by atoms with Crippen LogP contribution in [0, 0.1) is 6.92 Å². The number of hydrogen-bond donors (Lipinski definition) is 2. The minimum atomic E-state index is 0.228. The smallest absolute Gasteiger partial charge is 0.222 e. The first kappa shape index (κ1) is 14.3. The van der Waals surface area contributed by atoms with Gasteiger partial charge in [-0.05, 0) is 25.5 Å². The van der Waals surface area contributed by atoms with Crippen molar-refractivity contribution in [1.29, 1.82) is 0 Å². The van der Waals surface area contributed by atoms with Gasteiger partial charge in [-0.2, -0.15) is 4.98 Å². The first-order valence-electron chi connectivity index (χ1n) is 6.25. The zero-order valence-corrected chi connectivity index (χ0v) is 12.3. The van der Waals surface area contributed by atoms with Gasteiger partial charge in [-0.1, -0.05) is 35.9 Å². The Balaban J connectivity index is 2.41. The lowest BCUT2D eigenvalue weighted by atomic mass is 10.1. The number of aromatic nitrogens is 2. The van der Waals surface area contributed by atoms with Crippen LogP contribution >= 0.6 is 11.6 Å². The van der Waals surface area contributed by atoms with Gasteiger partial charge in [0.1, 0.15) is 5.82 Å². The molecule has 0 unspecified atom stereocenters. The Bertz CT molecular complexity index is 652. The summed E-state index contributed by atoms with van der Waals surface area (Å²) >= 11 is 6.14. The zero-order valence-electron chi connectivity index (χ0n) is 11.6. The quantitative estimate of drug-likeness (QED) is 0.843. The van der Waals surface area contributed by atoms with Gasteiger partial charge in [0, 0.05) is 23.2 Å². The summed E-state index contributed by atoms with van der Waals surface area (Å²) in [7, 11) is 0. The van der Waals surface area contributed by atoms with Gasteiger partial charge in [-0.15, -0.1) is 0 Å². The maximum Gasteiger partial charge on any atom is 0.222 e. The molecule has 1 aromatic heterocycles. The minimum Gasteiger partial charge on any atom is -0.368 e. The van der Waals surface area contributed by atoms with E-state index >= 15 is 0 Å². The maximum absolute atomic E-state index is 6.14. The Kier molecular flexibility index (Phi) is 4.25. The second-order valence-corrected chi connectivity index (χ2v) is 5.13. The molecule has 104 valence electrons. The Labute approximate surface area is 123 Å². The van der Waals surface area contributed by atoms with Gasteiger partial charge in [-0.3, -0.25) is 0 Å². The van der Waals surface area contributed by atoms with Crippen molar-refractivity contribution in [2.24, 2.45) is 0 Å². The van der Waals surface area contributed by atoms with E-state index in [1.165, 1.54) is 0 Å². The predicted octanol–water partition coefficient (Wildman–Crippen LogP) is 3.68. The Morgan fingerprint density at radius 3 is 2.85 bits per heavy atom. The molecule has 4 nitrogen and oxygen atoms in total. The Morgan fingerprint density at radius 1 is 1.40 bits per heavy atom. The van der Waals surface area contributed by atoms with Crippen LogP contribution < -0.4 is 11.1 Å². The molecular formula is C15H17ClN4. The molecule has 0 atom stereocenters. The molecule has 2 aromatic rings. The third kappa shape index (κ3) is 3.27. The van der Waals surface area contributed by atoms with E-state index in [4.69, 9.17) is 17.3 Å². The first-order valence-corrected chi connectivity index (χ1v) is 6.63. The van der Waals surface area contributed by atoms with Crippen LogP contribution in [-0.2, 0) is 0 Å². The van der Waals surface area contributed by atoms with Gasteiger partial charge < -0.3 is 11.1 Å². The van der Waals surface area contributed by atoms with Gasteiger partial charge >= 0.3 is 0 Å². The van der Waals surface area contributed by atoms with Crippen molar-refractivity contribution in [3.63, 3.8) is 0 Å². The highest BCUT2D eigenvalue weighted by Gasteiger charge is 2.09. The lowest BCUT2D eigenvalue weighted by molar-refractivity contribution is 1.13. The number of nitrogen functional groups attached to an aromatic ring is 1. The summed E-state index contributed by atoms with van der Waals surface area (Å²) in [4.78, 5) is 8.44. The number of benzene rings is 1. The van der Waals surface area contributed by atoms with Crippen molar-refractivity contribution in [2.45, 2.75) is 13.8 Å². The van der Waals surface area contributed by atoms with Gasteiger partial charge in [0.2, 0.25) is 5.95 Å². The van der Waals surface area contributed by atoms with E-state index in [2.05, 4.69) is 21.9 Å². The van der Waals surface area contributed by atoms with Crippen LogP contribution in [0.25, 0.3) is 11.3 Å². The molecule has 0 aliphatic rings. The number of halogens is 1. The molecule has 2 rings (SSSR count). The van der Waals surface area contributed by atoms with E-state index < -0.39 is 0 Å². The van der Waals surface area contributed by atoms with E-state index in [1.54, 1.807) is 0 Å². The van der Waals surface area contributed by atoms with Crippen LogP contribution in [0.2, 0.25) is 5.02 Å². The number of anilines is 2. The van der Waals surface area contributed by atoms with E-state index in [9.17, 15) is 0 Å². The van der Waals surface area contributed by atoms with Crippen LogP contribution in [0.3, 0.4) is 0 Å². The summed E-state index contributed by atoms with van der Waals surface area (Å²) in [5, 5.41) is 3.87. The number of nitrogens with two attached hydrogens (primary N) is 1. The second kappa shape index (κ2) is 5.92. The molecule has 0 aliphatic carbocycles. The normalized spacial score (nSPS) is 10.3. The second-order valence-electron chi connectivity index (χ2n) is 4.72. The van der Waals surface area contributed by atoms with E-state index in [1.807, 2.05) is 38.1 Å². The molecule has 0 bridgehead atoms. The fraction of sp³-hybridized carbons (Fsp3) is 0.200. The summed E-state index contributed by atoms with van der Waals surface area (Å²) in [5.41, 5.74) is 9.46. The molecule has 3 N–H and O–H groups in total. The maximum atomic E-state index is 6.14. The summed E-state index contributed by atoms with van der Waals surface area (Å²) in [6.07, 6.45) is 0. The predicted molar refractivity (Wildman–Crippen MR) is 84.9 cm³/mol. The van der Waals surface area contributed by atoms with E-state index in [0.717, 1.165) is 22.4 Å². The van der Waals surface area contributed by atoms with Crippen LogP contribution in [0.1, 0.15) is 12.5 Å². The van der Waals surface area contributed by atoms with Crippen LogP contribution in [0.4, 0.5) is 11.8 Å². The average molecular weight is 289 g/mol. The van der Waals surface area contributed by atoms with E-state index in [-0.39, 0.29) is 5.95 Å². The highest BCUT2D eigenvalue weighted by atomic mass is 35.5. The van der Waals surface area contributed by atoms with Gasteiger partial charge in [0.15, 0.2) is 0 Å². The molecule has 0 aliphatic heterocycles. The molecule has 0 radical (unpaired) electrons. The van der Waals surface area contributed by atoms with Crippen molar-refractivity contribution < 1.29 is 0 Å². The molecule has 1 heterocycles. The topological polar surface area (TPSA) is 63.8 Å². The SMILES string of the molecule is C=C(C)CNc1cc(-c2cccc(Cl)c2C)nc(N)n1. The van der Waals surface area contributed by atoms with Crippen molar-refractivity contribution in [3.8, 4) is 11.3 Å². The van der Waals surface area contributed by atoms with Crippen LogP contribution in [-0.4, -0.2) is 16.5 Å². The summed E-state index contributed by atoms with van der Waals surface area (Å²) in [6.45, 7) is 8.39. The lowest BCUT2D eigenvalue weighted by Gasteiger charge is -2.10. The lowest BCUT2D eigenvalue weighted by Crippen LogP contribution is -2.07. The Morgan fingerprint density at radius 2 is 2.15 bits per heavy atom. The fourth-order valence-corrected chi connectivity index (χ4v) is 2.00. The fourth-order valence-electron chi connectivity index (χ4n) is 1.82. The van der Waals surface area contributed by atoms with Crippen molar-refractivity contribution >= 4 is 23.4 Å². The highest BCUT2D eigenvalue weighted by Crippen LogP contribution is 2.28. The van der Waals surface area contributed by atoms with Gasteiger partial charge in [-0.25, -0.2) is 4.98 Å². The third-order valence-corrected chi connectivity index (χ3v) is 3.27. The minimum absolute atomic E-state index is 0.228. The summed E-state index contributed by atoms with van der Waals surface area (Å²) < 4.78 is 0. The number of hydrogen-bond acceptors (Lipinski definition) is 4. The van der Waals surface area contributed by atoms with Gasteiger partial charge in [0.25, 0.3) is 0 Å². The monoisotopic (exact) mass is 288 g/mol.